The average Bonchev–Trinajstić information content (AvgIpc) is 2.76. The van der Waals surface area contributed by atoms with Crippen LogP contribution >= 0.6 is 0 Å². The van der Waals surface area contributed by atoms with E-state index in [1.165, 1.54) is 18.2 Å². The standard InChI is InChI=1S/C14H12FNO5S/c1-2-9(15)10-6-7-21-22(19,20)11-5-3-4-8-12(11)14(18)16(10)13(8)17/h3-7,9-10H,2H2,1H3. The van der Waals surface area contributed by atoms with Crippen molar-refractivity contribution in [1.29, 1.82) is 0 Å². The number of nitrogens with zero attached hydrogens (tertiary/aromatic N) is 1. The molecular weight excluding hydrogens is 313 g/mol. The zero-order valence-corrected chi connectivity index (χ0v) is 12.3. The lowest BCUT2D eigenvalue weighted by atomic mass is 10.1. The third-order valence-corrected chi connectivity index (χ3v) is 4.94. The number of halogens is 1. The second-order valence-corrected chi connectivity index (χ2v) is 6.49. The highest BCUT2D eigenvalue weighted by Crippen LogP contribution is 2.33. The van der Waals surface area contributed by atoms with Crippen molar-refractivity contribution in [3.8, 4) is 0 Å². The van der Waals surface area contributed by atoms with Gasteiger partial charge in [-0.1, -0.05) is 13.0 Å². The van der Waals surface area contributed by atoms with Crippen LogP contribution in [0.5, 0.6) is 0 Å². The van der Waals surface area contributed by atoms with E-state index in [9.17, 15) is 22.4 Å². The van der Waals surface area contributed by atoms with Crippen LogP contribution in [0, 0.1) is 0 Å². The number of imide groups is 1. The molecule has 0 radical (unpaired) electrons. The molecule has 2 atom stereocenters. The Labute approximate surface area is 126 Å². The van der Waals surface area contributed by atoms with Gasteiger partial charge in [0, 0.05) is 0 Å². The Morgan fingerprint density at radius 1 is 1.32 bits per heavy atom. The van der Waals surface area contributed by atoms with Crippen LogP contribution < -0.4 is 0 Å². The summed E-state index contributed by atoms with van der Waals surface area (Å²) in [6, 6.07) is 2.66. The Hall–Kier alpha value is -2.22. The molecule has 1 aromatic carbocycles. The van der Waals surface area contributed by atoms with Gasteiger partial charge in [0.1, 0.15) is 17.3 Å². The molecule has 0 N–H and O–H groups in total. The molecule has 116 valence electrons. The summed E-state index contributed by atoms with van der Waals surface area (Å²) in [4.78, 5) is 25.3. The number of hydrogen-bond donors (Lipinski definition) is 0. The van der Waals surface area contributed by atoms with Gasteiger partial charge in [-0.05, 0) is 24.6 Å². The van der Waals surface area contributed by atoms with Gasteiger partial charge in [-0.25, -0.2) is 4.39 Å². The summed E-state index contributed by atoms with van der Waals surface area (Å²) < 4.78 is 43.1. The van der Waals surface area contributed by atoms with Gasteiger partial charge < -0.3 is 4.18 Å². The van der Waals surface area contributed by atoms with Gasteiger partial charge in [-0.3, -0.25) is 14.5 Å². The molecule has 0 saturated carbocycles. The van der Waals surface area contributed by atoms with E-state index in [-0.39, 0.29) is 22.4 Å². The Morgan fingerprint density at radius 3 is 2.73 bits per heavy atom. The van der Waals surface area contributed by atoms with E-state index in [1.54, 1.807) is 6.92 Å². The first-order valence-electron chi connectivity index (χ1n) is 6.63. The van der Waals surface area contributed by atoms with E-state index in [0.717, 1.165) is 17.2 Å². The van der Waals surface area contributed by atoms with Gasteiger partial charge in [0.2, 0.25) is 0 Å². The minimum atomic E-state index is -4.24. The van der Waals surface area contributed by atoms with Crippen molar-refractivity contribution < 1.29 is 26.6 Å². The van der Waals surface area contributed by atoms with E-state index in [0.29, 0.717) is 0 Å². The molecule has 2 bridgehead atoms. The van der Waals surface area contributed by atoms with Crippen LogP contribution in [0.4, 0.5) is 4.39 Å². The summed E-state index contributed by atoms with van der Waals surface area (Å²) in [6.45, 7) is 1.56. The second kappa shape index (κ2) is 4.91. The number of hydrogen-bond acceptors (Lipinski definition) is 5. The van der Waals surface area contributed by atoms with Crippen molar-refractivity contribution in [3.63, 3.8) is 0 Å². The maximum Gasteiger partial charge on any atom is 0.339 e. The monoisotopic (exact) mass is 325 g/mol. The predicted molar refractivity (Wildman–Crippen MR) is 73.3 cm³/mol. The van der Waals surface area contributed by atoms with E-state index in [2.05, 4.69) is 0 Å². The number of alkyl halides is 1. The van der Waals surface area contributed by atoms with Crippen LogP contribution in [-0.2, 0) is 14.3 Å². The Morgan fingerprint density at radius 2 is 2.05 bits per heavy atom. The van der Waals surface area contributed by atoms with Gasteiger partial charge in [-0.15, -0.1) is 0 Å². The lowest BCUT2D eigenvalue weighted by Crippen LogP contribution is -2.44. The number of amides is 2. The molecule has 1 aromatic rings. The lowest BCUT2D eigenvalue weighted by Gasteiger charge is -2.25. The number of carbonyl (C=O) groups excluding carboxylic acids is 2. The highest BCUT2D eigenvalue weighted by atomic mass is 32.2. The molecule has 0 fully saturated rings. The van der Waals surface area contributed by atoms with Gasteiger partial charge in [0.15, 0.2) is 0 Å². The first-order valence-corrected chi connectivity index (χ1v) is 8.04. The highest BCUT2D eigenvalue weighted by Gasteiger charge is 2.45. The van der Waals surface area contributed by atoms with Gasteiger partial charge >= 0.3 is 10.1 Å². The van der Waals surface area contributed by atoms with Crippen molar-refractivity contribution in [3.05, 3.63) is 41.7 Å². The van der Waals surface area contributed by atoms with E-state index in [1.807, 2.05) is 0 Å². The van der Waals surface area contributed by atoms with E-state index < -0.39 is 34.1 Å². The summed E-state index contributed by atoms with van der Waals surface area (Å²) in [5.41, 5.74) is -0.317. The molecule has 2 amide bonds. The van der Waals surface area contributed by atoms with Crippen LogP contribution in [0.25, 0.3) is 0 Å². The molecule has 0 saturated heterocycles. The van der Waals surface area contributed by atoms with Crippen LogP contribution in [0.3, 0.4) is 0 Å². The van der Waals surface area contributed by atoms with Crippen molar-refractivity contribution >= 4 is 21.9 Å². The maximum atomic E-state index is 14.1. The van der Waals surface area contributed by atoms with Crippen LogP contribution in [-0.4, -0.2) is 37.3 Å². The summed E-state index contributed by atoms with van der Waals surface area (Å²) in [5.74, 6) is -1.53. The minimum Gasteiger partial charge on any atom is -0.387 e. The molecule has 2 heterocycles. The number of rotatable bonds is 2. The van der Waals surface area contributed by atoms with Crippen LogP contribution in [0.1, 0.15) is 34.1 Å². The highest BCUT2D eigenvalue weighted by molar-refractivity contribution is 7.87. The summed E-state index contributed by atoms with van der Waals surface area (Å²) in [5, 5.41) is 0. The summed E-state index contributed by atoms with van der Waals surface area (Å²) >= 11 is 0. The van der Waals surface area contributed by atoms with Crippen molar-refractivity contribution in [2.75, 3.05) is 0 Å². The molecular formula is C14H12FNO5S. The maximum absolute atomic E-state index is 14.1. The van der Waals surface area contributed by atoms with Crippen molar-refractivity contribution in [1.82, 2.24) is 4.90 Å². The first kappa shape index (κ1) is 14.7. The third-order valence-electron chi connectivity index (χ3n) is 3.69. The fraction of sp³-hybridized carbons (Fsp3) is 0.286. The SMILES string of the molecule is CCC(F)C1C=COS(=O)(=O)c2cccc3c2C(=O)N1C3=O. The topological polar surface area (TPSA) is 80.8 Å². The lowest BCUT2D eigenvalue weighted by molar-refractivity contribution is 0.0538. The fourth-order valence-electron chi connectivity index (χ4n) is 2.60. The van der Waals surface area contributed by atoms with Crippen molar-refractivity contribution in [2.45, 2.75) is 30.5 Å². The van der Waals surface area contributed by atoms with Crippen LogP contribution in [0.2, 0.25) is 0 Å². The molecule has 3 rings (SSSR count). The smallest absolute Gasteiger partial charge is 0.339 e. The average molecular weight is 325 g/mol. The molecule has 0 aliphatic carbocycles. The quantitative estimate of drug-likeness (QED) is 0.610. The Kier molecular flexibility index (Phi) is 3.28. The molecule has 2 unspecified atom stereocenters. The zero-order chi connectivity index (χ0) is 16.1. The molecule has 2 aliphatic heterocycles. The Balaban J connectivity index is 2.29. The van der Waals surface area contributed by atoms with Gasteiger partial charge in [-0.2, -0.15) is 8.42 Å². The normalized spacial score (nSPS) is 23.5. The third kappa shape index (κ3) is 1.94. The predicted octanol–water partition coefficient (Wildman–Crippen LogP) is 1.63. The molecule has 0 spiro atoms. The Bertz CT molecular complexity index is 801. The largest absolute Gasteiger partial charge is 0.387 e. The number of carbonyl (C=O) groups is 2. The van der Waals surface area contributed by atoms with E-state index >= 15 is 0 Å². The fourth-order valence-corrected chi connectivity index (χ4v) is 3.61. The zero-order valence-electron chi connectivity index (χ0n) is 11.5. The molecule has 0 aromatic heterocycles. The molecule has 2 aliphatic rings. The molecule has 22 heavy (non-hydrogen) atoms. The van der Waals surface area contributed by atoms with Crippen LogP contribution in [0.15, 0.2) is 35.4 Å². The van der Waals surface area contributed by atoms with Crippen molar-refractivity contribution in [2.24, 2.45) is 0 Å². The van der Waals surface area contributed by atoms with Gasteiger partial charge in [0.25, 0.3) is 11.8 Å². The van der Waals surface area contributed by atoms with E-state index in [4.69, 9.17) is 4.18 Å². The molecule has 6 nitrogen and oxygen atoms in total. The molecule has 8 heteroatoms. The number of fused-ring (bicyclic) bond motifs is 1. The first-order chi connectivity index (χ1) is 10.4. The number of benzene rings is 1. The minimum absolute atomic E-state index is 0.0571. The summed E-state index contributed by atoms with van der Waals surface area (Å²) in [7, 11) is -4.24. The second-order valence-electron chi connectivity index (χ2n) is 4.95. The van der Waals surface area contributed by atoms with Gasteiger partial charge in [0.05, 0.1) is 17.2 Å². The summed E-state index contributed by atoms with van der Waals surface area (Å²) in [6.07, 6.45) is 0.424.